The van der Waals surface area contributed by atoms with Crippen LogP contribution >= 0.6 is 11.6 Å². The molecule has 5 nitrogen and oxygen atoms in total. The highest BCUT2D eigenvalue weighted by molar-refractivity contribution is 6.31. The predicted octanol–water partition coefficient (Wildman–Crippen LogP) is 3.34. The van der Waals surface area contributed by atoms with E-state index in [-0.39, 0.29) is 18.2 Å². The van der Waals surface area contributed by atoms with Gasteiger partial charge < -0.3 is 15.4 Å². The number of carbonyl (C=O) groups is 2. The fraction of sp³-hybridized carbons (Fsp3) is 0.263. The molecule has 0 aliphatic carbocycles. The van der Waals surface area contributed by atoms with Gasteiger partial charge in [-0.1, -0.05) is 29.8 Å². The Hall–Kier alpha value is -2.53. The van der Waals surface area contributed by atoms with Gasteiger partial charge in [0.25, 0.3) is 0 Å². The zero-order chi connectivity index (χ0) is 18.2. The zero-order valence-corrected chi connectivity index (χ0v) is 15.0. The van der Waals surface area contributed by atoms with Crippen LogP contribution in [0, 0.1) is 6.92 Å². The SMILES string of the molecule is COc1ccc(CCNC(=O)CC(=O)Nc2ccc(C)c(Cl)c2)cc1. The number of benzene rings is 2. The van der Waals surface area contributed by atoms with Crippen LogP contribution in [0.2, 0.25) is 5.02 Å². The van der Waals surface area contributed by atoms with Crippen LogP contribution in [0.25, 0.3) is 0 Å². The van der Waals surface area contributed by atoms with E-state index in [1.54, 1.807) is 19.2 Å². The van der Waals surface area contributed by atoms with Crippen molar-refractivity contribution in [3.63, 3.8) is 0 Å². The highest BCUT2D eigenvalue weighted by atomic mass is 35.5. The van der Waals surface area contributed by atoms with Gasteiger partial charge in [-0.2, -0.15) is 0 Å². The van der Waals surface area contributed by atoms with E-state index >= 15 is 0 Å². The van der Waals surface area contributed by atoms with Crippen molar-refractivity contribution in [2.45, 2.75) is 19.8 Å². The Labute approximate surface area is 152 Å². The minimum absolute atomic E-state index is 0.228. The van der Waals surface area contributed by atoms with Crippen LogP contribution in [0.1, 0.15) is 17.5 Å². The molecule has 0 unspecified atom stereocenters. The van der Waals surface area contributed by atoms with Crippen LogP contribution in [-0.4, -0.2) is 25.5 Å². The summed E-state index contributed by atoms with van der Waals surface area (Å²) in [6.07, 6.45) is 0.457. The summed E-state index contributed by atoms with van der Waals surface area (Å²) < 4.78 is 5.10. The highest BCUT2D eigenvalue weighted by Gasteiger charge is 2.10. The molecule has 25 heavy (non-hydrogen) atoms. The number of halogens is 1. The second-order valence-corrected chi connectivity index (χ2v) is 6.04. The molecule has 0 fully saturated rings. The summed E-state index contributed by atoms with van der Waals surface area (Å²) in [4.78, 5) is 23.7. The van der Waals surface area contributed by atoms with E-state index in [0.717, 1.165) is 16.9 Å². The van der Waals surface area contributed by atoms with E-state index in [9.17, 15) is 9.59 Å². The van der Waals surface area contributed by atoms with Crippen molar-refractivity contribution in [2.75, 3.05) is 19.0 Å². The molecule has 2 rings (SSSR count). The minimum Gasteiger partial charge on any atom is -0.497 e. The Morgan fingerprint density at radius 3 is 2.44 bits per heavy atom. The first-order valence-corrected chi connectivity index (χ1v) is 8.31. The summed E-state index contributed by atoms with van der Waals surface area (Å²) >= 11 is 6.01. The number of rotatable bonds is 7. The average molecular weight is 361 g/mol. The van der Waals surface area contributed by atoms with Crippen molar-refractivity contribution in [1.29, 1.82) is 0 Å². The Balaban J connectivity index is 1.73. The number of methoxy groups -OCH3 is 1. The van der Waals surface area contributed by atoms with Crippen LogP contribution in [0.3, 0.4) is 0 Å². The van der Waals surface area contributed by atoms with Crippen molar-refractivity contribution < 1.29 is 14.3 Å². The van der Waals surface area contributed by atoms with Crippen molar-refractivity contribution in [1.82, 2.24) is 5.32 Å². The highest BCUT2D eigenvalue weighted by Crippen LogP contribution is 2.20. The van der Waals surface area contributed by atoms with Gasteiger partial charge in [-0.05, 0) is 48.7 Å². The van der Waals surface area contributed by atoms with Crippen molar-refractivity contribution >= 4 is 29.1 Å². The van der Waals surface area contributed by atoms with Gasteiger partial charge in [-0.25, -0.2) is 0 Å². The third-order valence-electron chi connectivity index (χ3n) is 3.67. The molecule has 132 valence electrons. The van der Waals surface area contributed by atoms with Crippen LogP contribution in [0.5, 0.6) is 5.75 Å². The first kappa shape index (κ1) is 18.8. The lowest BCUT2D eigenvalue weighted by Gasteiger charge is -2.08. The number of aryl methyl sites for hydroxylation is 1. The zero-order valence-electron chi connectivity index (χ0n) is 14.3. The molecule has 0 atom stereocenters. The van der Waals surface area contributed by atoms with E-state index in [2.05, 4.69) is 10.6 Å². The average Bonchev–Trinajstić information content (AvgIpc) is 2.58. The molecule has 0 saturated carbocycles. The fourth-order valence-corrected chi connectivity index (χ4v) is 2.40. The monoisotopic (exact) mass is 360 g/mol. The molecule has 2 N–H and O–H groups in total. The molecule has 0 heterocycles. The summed E-state index contributed by atoms with van der Waals surface area (Å²) in [5.74, 6) is 0.103. The topological polar surface area (TPSA) is 67.4 Å². The molecule has 2 aromatic carbocycles. The first-order chi connectivity index (χ1) is 12.0. The Morgan fingerprint density at radius 1 is 1.08 bits per heavy atom. The standard InChI is InChI=1S/C19H21ClN2O3/c1-13-3-6-15(11-17(13)20)22-19(24)12-18(23)21-10-9-14-4-7-16(25-2)8-5-14/h3-8,11H,9-10,12H2,1-2H3,(H,21,23)(H,22,24). The van der Waals surface area contributed by atoms with Gasteiger partial charge in [-0.3, -0.25) is 9.59 Å². The van der Waals surface area contributed by atoms with Gasteiger partial charge in [0.05, 0.1) is 7.11 Å². The maximum absolute atomic E-state index is 11.9. The lowest BCUT2D eigenvalue weighted by atomic mass is 10.1. The third kappa shape index (κ3) is 6.12. The number of ether oxygens (including phenoxy) is 1. The molecule has 0 aliphatic heterocycles. The second-order valence-electron chi connectivity index (χ2n) is 5.64. The molecule has 0 saturated heterocycles. The van der Waals surface area contributed by atoms with Gasteiger partial charge in [0.15, 0.2) is 0 Å². The van der Waals surface area contributed by atoms with Gasteiger partial charge in [0, 0.05) is 17.3 Å². The Morgan fingerprint density at radius 2 is 1.80 bits per heavy atom. The fourth-order valence-electron chi connectivity index (χ4n) is 2.22. The largest absolute Gasteiger partial charge is 0.497 e. The van der Waals surface area contributed by atoms with Gasteiger partial charge in [-0.15, -0.1) is 0 Å². The smallest absolute Gasteiger partial charge is 0.233 e. The molecule has 0 spiro atoms. The number of hydrogen-bond acceptors (Lipinski definition) is 3. The van der Waals surface area contributed by atoms with Crippen LogP contribution in [0.4, 0.5) is 5.69 Å². The van der Waals surface area contributed by atoms with Crippen LogP contribution in [0.15, 0.2) is 42.5 Å². The summed E-state index contributed by atoms with van der Waals surface area (Å²) in [5.41, 5.74) is 2.59. The predicted molar refractivity (Wildman–Crippen MR) is 99.1 cm³/mol. The maximum Gasteiger partial charge on any atom is 0.233 e. The molecule has 0 aliphatic rings. The lowest BCUT2D eigenvalue weighted by molar-refractivity contribution is -0.126. The molecule has 0 radical (unpaired) electrons. The number of anilines is 1. The number of carbonyl (C=O) groups excluding carboxylic acids is 2. The summed E-state index contributed by atoms with van der Waals surface area (Å²) in [5, 5.41) is 5.97. The van der Waals surface area contributed by atoms with Crippen LogP contribution < -0.4 is 15.4 Å². The Kier molecular flexibility index (Phi) is 6.83. The van der Waals surface area contributed by atoms with Crippen molar-refractivity contribution in [3.05, 3.63) is 58.6 Å². The van der Waals surface area contributed by atoms with Gasteiger partial charge in [0.1, 0.15) is 12.2 Å². The summed E-state index contributed by atoms with van der Waals surface area (Å²) in [6, 6.07) is 12.9. The van der Waals surface area contributed by atoms with Gasteiger partial charge >= 0.3 is 0 Å². The third-order valence-corrected chi connectivity index (χ3v) is 4.08. The molecule has 6 heteroatoms. The van der Waals surface area contributed by atoms with E-state index in [4.69, 9.17) is 16.3 Å². The van der Waals surface area contributed by atoms with E-state index in [0.29, 0.717) is 23.7 Å². The summed E-state index contributed by atoms with van der Waals surface area (Å²) in [6.45, 7) is 2.35. The van der Waals surface area contributed by atoms with Crippen LogP contribution in [-0.2, 0) is 16.0 Å². The van der Waals surface area contributed by atoms with Gasteiger partial charge in [0.2, 0.25) is 11.8 Å². The quantitative estimate of drug-likeness (QED) is 0.744. The normalized spacial score (nSPS) is 10.2. The second kappa shape index (κ2) is 9.08. The molecular weight excluding hydrogens is 340 g/mol. The van der Waals surface area contributed by atoms with E-state index in [1.165, 1.54) is 0 Å². The lowest BCUT2D eigenvalue weighted by Crippen LogP contribution is -2.29. The van der Waals surface area contributed by atoms with E-state index in [1.807, 2.05) is 37.3 Å². The number of hydrogen-bond donors (Lipinski definition) is 2. The van der Waals surface area contributed by atoms with Crippen molar-refractivity contribution in [2.24, 2.45) is 0 Å². The molecule has 2 amide bonds. The first-order valence-electron chi connectivity index (χ1n) is 7.93. The number of nitrogens with one attached hydrogen (secondary N) is 2. The molecular formula is C19H21ClN2O3. The minimum atomic E-state index is -0.373. The summed E-state index contributed by atoms with van der Waals surface area (Å²) in [7, 11) is 1.62. The molecule has 2 aromatic rings. The molecule has 0 bridgehead atoms. The van der Waals surface area contributed by atoms with Crippen molar-refractivity contribution in [3.8, 4) is 5.75 Å². The van der Waals surface area contributed by atoms with E-state index < -0.39 is 0 Å². The number of amides is 2. The maximum atomic E-state index is 11.9. The Bertz CT molecular complexity index is 745. The molecule has 0 aromatic heterocycles.